The second kappa shape index (κ2) is 13.7. The minimum Gasteiger partial charge on any atom is -0.493 e. The van der Waals surface area contributed by atoms with Gasteiger partial charge in [-0.3, -0.25) is 9.59 Å². The van der Waals surface area contributed by atoms with E-state index in [1.54, 1.807) is 12.1 Å². The first kappa shape index (κ1) is 28.8. The van der Waals surface area contributed by atoms with Crippen molar-refractivity contribution >= 4 is 11.8 Å². The van der Waals surface area contributed by atoms with Gasteiger partial charge in [0.1, 0.15) is 11.6 Å². The first-order valence-electron chi connectivity index (χ1n) is 14.8. The highest BCUT2D eigenvalue weighted by Gasteiger charge is 2.35. The van der Waals surface area contributed by atoms with Crippen molar-refractivity contribution in [2.75, 3.05) is 26.2 Å². The molecule has 8 nitrogen and oxygen atoms in total. The van der Waals surface area contributed by atoms with Gasteiger partial charge in [-0.2, -0.15) is 4.98 Å². The highest BCUT2D eigenvalue weighted by molar-refractivity contribution is 5.76. The van der Waals surface area contributed by atoms with Gasteiger partial charge in [0.15, 0.2) is 0 Å². The van der Waals surface area contributed by atoms with Crippen LogP contribution in [0, 0.1) is 11.2 Å². The van der Waals surface area contributed by atoms with Crippen molar-refractivity contribution in [3.63, 3.8) is 0 Å². The van der Waals surface area contributed by atoms with Crippen LogP contribution in [0.1, 0.15) is 69.2 Å². The largest absolute Gasteiger partial charge is 0.493 e. The van der Waals surface area contributed by atoms with Crippen LogP contribution >= 0.6 is 0 Å². The summed E-state index contributed by atoms with van der Waals surface area (Å²) in [5, 5.41) is 7.17. The number of para-hydroxylation sites is 1. The van der Waals surface area contributed by atoms with E-state index in [-0.39, 0.29) is 23.0 Å². The summed E-state index contributed by atoms with van der Waals surface area (Å²) in [4.78, 5) is 31.9. The Balaban J connectivity index is 1.10. The first-order chi connectivity index (χ1) is 20.0. The molecule has 41 heavy (non-hydrogen) atoms. The van der Waals surface area contributed by atoms with Gasteiger partial charge in [0.05, 0.1) is 6.61 Å². The summed E-state index contributed by atoms with van der Waals surface area (Å²) in [5.41, 5.74) is 1.94. The number of nitrogens with one attached hydrogen (secondary N) is 1. The molecule has 1 spiro atoms. The van der Waals surface area contributed by atoms with Gasteiger partial charge in [-0.25, -0.2) is 4.39 Å². The normalized spacial score (nSPS) is 18.2. The number of nitrogens with zero attached hydrogens (tertiary/aromatic N) is 3. The fourth-order valence-corrected chi connectivity index (χ4v) is 5.82. The molecule has 3 aromatic rings. The van der Waals surface area contributed by atoms with Crippen LogP contribution in [-0.2, 0) is 22.4 Å². The summed E-state index contributed by atoms with van der Waals surface area (Å²) in [6.45, 7) is 2.62. The second-order valence-electron chi connectivity index (χ2n) is 11.3. The number of rotatable bonds is 5. The van der Waals surface area contributed by atoms with Crippen molar-refractivity contribution in [2.24, 2.45) is 5.41 Å². The van der Waals surface area contributed by atoms with Crippen molar-refractivity contribution in [1.29, 1.82) is 0 Å². The van der Waals surface area contributed by atoms with Gasteiger partial charge in [0.25, 0.3) is 0 Å². The number of aromatic nitrogens is 2. The van der Waals surface area contributed by atoms with Gasteiger partial charge in [0, 0.05) is 44.5 Å². The number of fused-ring (bicyclic) bond motifs is 1. The van der Waals surface area contributed by atoms with Crippen LogP contribution < -0.4 is 10.1 Å². The lowest BCUT2D eigenvalue weighted by Crippen LogP contribution is -2.48. The molecule has 5 rings (SSSR count). The summed E-state index contributed by atoms with van der Waals surface area (Å²) in [6.07, 6.45) is 8.62. The molecule has 0 radical (unpaired) electrons. The van der Waals surface area contributed by atoms with Gasteiger partial charge in [0.2, 0.25) is 23.5 Å². The van der Waals surface area contributed by atoms with Crippen molar-refractivity contribution in [3.8, 4) is 17.1 Å². The standard InChI is InChI=1S/C32H39FN4O4/c33-26-15-13-25(14-16-26)31-35-29(41-36-31)11-5-12-30(39)37-20-18-32(19-21-37)17-4-3-8-24-7-1-2-9-27(24)40-22-6-10-28(38)34-23-32/h1-2,7,9,13-16H,3-6,8,10-12,17-23H2,(H,34,38). The zero-order valence-electron chi connectivity index (χ0n) is 23.6. The molecule has 0 aliphatic carbocycles. The Morgan fingerprint density at radius 1 is 1.00 bits per heavy atom. The predicted molar refractivity (Wildman–Crippen MR) is 153 cm³/mol. The van der Waals surface area contributed by atoms with Crippen LogP contribution in [0.2, 0.25) is 0 Å². The number of amides is 2. The van der Waals surface area contributed by atoms with E-state index in [2.05, 4.69) is 27.6 Å². The van der Waals surface area contributed by atoms with Gasteiger partial charge in [-0.1, -0.05) is 29.8 Å². The first-order valence-corrected chi connectivity index (χ1v) is 14.8. The molecular weight excluding hydrogens is 523 g/mol. The summed E-state index contributed by atoms with van der Waals surface area (Å²) in [6, 6.07) is 14.1. The number of carbonyl (C=O) groups is 2. The molecule has 0 atom stereocenters. The zero-order valence-corrected chi connectivity index (χ0v) is 23.6. The summed E-state index contributed by atoms with van der Waals surface area (Å²) >= 11 is 0. The molecule has 1 N–H and O–H groups in total. The van der Waals surface area contributed by atoms with Crippen molar-refractivity contribution in [3.05, 3.63) is 65.8 Å². The number of halogens is 1. The molecule has 2 amide bonds. The number of benzene rings is 2. The predicted octanol–water partition coefficient (Wildman–Crippen LogP) is 5.51. The van der Waals surface area contributed by atoms with E-state index < -0.39 is 0 Å². The Bertz CT molecular complexity index is 1300. The van der Waals surface area contributed by atoms with Crippen molar-refractivity contribution in [2.45, 2.75) is 70.6 Å². The summed E-state index contributed by atoms with van der Waals surface area (Å²) in [7, 11) is 0. The van der Waals surface area contributed by atoms with Gasteiger partial charge in [-0.15, -0.1) is 0 Å². The van der Waals surface area contributed by atoms with Crippen LogP contribution in [0.4, 0.5) is 4.39 Å². The molecule has 0 unspecified atom stereocenters. The van der Waals surface area contributed by atoms with Gasteiger partial charge in [-0.05, 0) is 86.3 Å². The van der Waals surface area contributed by atoms with Crippen LogP contribution in [0.5, 0.6) is 5.75 Å². The number of carbonyl (C=O) groups excluding carboxylic acids is 2. The Kier molecular flexibility index (Phi) is 9.64. The average Bonchev–Trinajstić information content (AvgIpc) is 3.46. The third-order valence-corrected chi connectivity index (χ3v) is 8.37. The van der Waals surface area contributed by atoms with E-state index >= 15 is 0 Å². The Morgan fingerprint density at radius 3 is 2.63 bits per heavy atom. The number of hydrogen-bond acceptors (Lipinski definition) is 6. The minimum absolute atomic E-state index is 0.0209. The van der Waals surface area contributed by atoms with Gasteiger partial charge >= 0.3 is 0 Å². The third-order valence-electron chi connectivity index (χ3n) is 8.37. The molecule has 218 valence electrons. The second-order valence-corrected chi connectivity index (χ2v) is 11.3. The average molecular weight is 563 g/mol. The fraction of sp³-hybridized carbons (Fsp3) is 0.500. The van der Waals surface area contributed by atoms with Crippen molar-refractivity contribution < 1.29 is 23.2 Å². The molecule has 2 aliphatic rings. The lowest BCUT2D eigenvalue weighted by molar-refractivity contribution is -0.134. The van der Waals surface area contributed by atoms with E-state index in [1.807, 2.05) is 17.0 Å². The molecule has 1 saturated heterocycles. The lowest BCUT2D eigenvalue weighted by Gasteiger charge is -2.42. The molecule has 2 aromatic carbocycles. The molecule has 1 aromatic heterocycles. The highest BCUT2D eigenvalue weighted by atomic mass is 19.1. The van der Waals surface area contributed by atoms with E-state index in [9.17, 15) is 14.0 Å². The number of likely N-dealkylation sites (tertiary alicyclic amines) is 1. The topological polar surface area (TPSA) is 97.6 Å². The summed E-state index contributed by atoms with van der Waals surface area (Å²) < 4.78 is 24.5. The van der Waals surface area contributed by atoms with E-state index in [4.69, 9.17) is 9.26 Å². The molecular formula is C32H39FN4O4. The number of ether oxygens (including phenoxy) is 1. The van der Waals surface area contributed by atoms with Crippen LogP contribution in [0.3, 0.4) is 0 Å². The Labute approximate surface area is 240 Å². The quantitative estimate of drug-likeness (QED) is 0.441. The molecule has 3 heterocycles. The zero-order chi connectivity index (χ0) is 28.5. The number of piperidine rings is 1. The fourth-order valence-electron chi connectivity index (χ4n) is 5.82. The van der Waals surface area contributed by atoms with Crippen molar-refractivity contribution in [1.82, 2.24) is 20.4 Å². The third kappa shape index (κ3) is 7.93. The molecule has 9 heteroatoms. The smallest absolute Gasteiger partial charge is 0.226 e. The highest BCUT2D eigenvalue weighted by Crippen LogP contribution is 2.37. The monoisotopic (exact) mass is 562 g/mol. The SMILES string of the molecule is O=C1CCCOc2ccccc2CCCCC2(CCN(C(=O)CCCc3nc(-c4ccc(F)cc4)no3)CC2)CN1. The number of hydrogen-bond donors (Lipinski definition) is 1. The molecule has 0 bridgehead atoms. The maximum atomic E-state index is 13.2. The Morgan fingerprint density at radius 2 is 1.80 bits per heavy atom. The molecule has 0 saturated carbocycles. The minimum atomic E-state index is -0.316. The Hall–Kier alpha value is -3.75. The molecule has 1 fully saturated rings. The van der Waals surface area contributed by atoms with E-state index in [0.29, 0.717) is 75.6 Å². The lowest BCUT2D eigenvalue weighted by atomic mass is 9.74. The maximum Gasteiger partial charge on any atom is 0.226 e. The van der Waals surface area contributed by atoms with E-state index in [0.717, 1.165) is 44.3 Å². The number of aryl methyl sites for hydroxylation is 2. The van der Waals surface area contributed by atoms with Crippen LogP contribution in [0.25, 0.3) is 11.4 Å². The maximum absolute atomic E-state index is 13.2. The molecule has 2 aliphatic heterocycles. The van der Waals surface area contributed by atoms with E-state index in [1.165, 1.54) is 17.7 Å². The summed E-state index contributed by atoms with van der Waals surface area (Å²) in [5.74, 6) is 1.71. The van der Waals surface area contributed by atoms with Crippen LogP contribution in [0.15, 0.2) is 53.1 Å². The van der Waals surface area contributed by atoms with Crippen LogP contribution in [-0.4, -0.2) is 53.1 Å². The van der Waals surface area contributed by atoms with Gasteiger partial charge < -0.3 is 19.5 Å².